The summed E-state index contributed by atoms with van der Waals surface area (Å²) < 4.78 is 37.4. The normalized spacial score (nSPS) is 24.0. The van der Waals surface area contributed by atoms with E-state index in [9.17, 15) is 13.5 Å². The number of morpholine rings is 1. The Hall–Kier alpha value is -1.35. The lowest BCUT2D eigenvalue weighted by molar-refractivity contribution is -0.0750. The first kappa shape index (κ1) is 16.0. The van der Waals surface area contributed by atoms with Crippen molar-refractivity contribution in [2.45, 2.75) is 24.0 Å². The van der Waals surface area contributed by atoms with Crippen LogP contribution in [0.4, 0.5) is 5.69 Å². The van der Waals surface area contributed by atoms with Gasteiger partial charge in [0.2, 0.25) is 10.0 Å². The van der Waals surface area contributed by atoms with Crippen molar-refractivity contribution < 1.29 is 23.0 Å². The summed E-state index contributed by atoms with van der Waals surface area (Å²) >= 11 is 0. The highest BCUT2D eigenvalue weighted by atomic mass is 32.2. The molecule has 8 heteroatoms. The van der Waals surface area contributed by atoms with Crippen molar-refractivity contribution >= 4 is 15.7 Å². The zero-order valence-corrected chi connectivity index (χ0v) is 12.8. The van der Waals surface area contributed by atoms with E-state index in [1.54, 1.807) is 13.0 Å². The molecule has 2 atom stereocenters. The molecule has 0 saturated carbocycles. The lowest BCUT2D eigenvalue weighted by Crippen LogP contribution is -2.50. The number of nitrogen functional groups attached to an aromatic ring is 1. The SMILES string of the molecule is COc1ccc(N)cc1S(=O)(=O)N1CC(C)OC(CO)C1. The van der Waals surface area contributed by atoms with Gasteiger partial charge in [0.25, 0.3) is 0 Å². The van der Waals surface area contributed by atoms with Gasteiger partial charge in [-0.3, -0.25) is 0 Å². The second-order valence-electron chi connectivity index (χ2n) is 4.98. The summed E-state index contributed by atoms with van der Waals surface area (Å²) in [5.74, 6) is 0.240. The van der Waals surface area contributed by atoms with Crippen LogP contribution in [0.15, 0.2) is 23.1 Å². The lowest BCUT2D eigenvalue weighted by atomic mass is 10.2. The summed E-state index contributed by atoms with van der Waals surface area (Å²) in [6, 6.07) is 4.48. The smallest absolute Gasteiger partial charge is 0.247 e. The van der Waals surface area contributed by atoms with Gasteiger partial charge in [-0.05, 0) is 25.1 Å². The van der Waals surface area contributed by atoms with Gasteiger partial charge >= 0.3 is 0 Å². The van der Waals surface area contributed by atoms with Crippen molar-refractivity contribution in [3.63, 3.8) is 0 Å². The van der Waals surface area contributed by atoms with Gasteiger partial charge in [-0.25, -0.2) is 8.42 Å². The molecule has 0 aliphatic carbocycles. The number of hydrogen-bond donors (Lipinski definition) is 2. The molecular formula is C13H20N2O5S. The standard InChI is InChI=1S/C13H20N2O5S/c1-9-6-15(7-11(8-16)20-9)21(17,18)13-5-10(14)3-4-12(13)19-2/h3-5,9,11,16H,6-8,14H2,1-2H3. The topological polar surface area (TPSA) is 102 Å². The van der Waals surface area contributed by atoms with Gasteiger partial charge in [0, 0.05) is 18.8 Å². The molecular weight excluding hydrogens is 296 g/mol. The number of sulfonamides is 1. The molecule has 1 saturated heterocycles. The number of benzene rings is 1. The number of aliphatic hydroxyl groups is 1. The van der Waals surface area contributed by atoms with E-state index < -0.39 is 16.1 Å². The van der Waals surface area contributed by atoms with Crippen molar-refractivity contribution in [1.82, 2.24) is 4.31 Å². The van der Waals surface area contributed by atoms with Gasteiger partial charge < -0.3 is 20.3 Å². The third-order valence-corrected chi connectivity index (χ3v) is 5.15. The number of hydrogen-bond acceptors (Lipinski definition) is 6. The summed E-state index contributed by atoms with van der Waals surface area (Å²) in [5, 5.41) is 9.22. The van der Waals surface area contributed by atoms with Crippen LogP contribution in [0.3, 0.4) is 0 Å². The van der Waals surface area contributed by atoms with Crippen molar-refractivity contribution in [3.05, 3.63) is 18.2 Å². The van der Waals surface area contributed by atoms with Gasteiger partial charge in [-0.2, -0.15) is 4.31 Å². The van der Waals surface area contributed by atoms with Crippen LogP contribution in [-0.4, -0.2) is 56.8 Å². The average molecular weight is 316 g/mol. The Balaban J connectivity index is 2.39. The summed E-state index contributed by atoms with van der Waals surface area (Å²) in [5.41, 5.74) is 6.03. The number of nitrogens with two attached hydrogens (primary N) is 1. The van der Waals surface area contributed by atoms with Crippen LogP contribution in [-0.2, 0) is 14.8 Å². The number of ether oxygens (including phenoxy) is 2. The molecule has 1 aromatic rings. The summed E-state index contributed by atoms with van der Waals surface area (Å²) in [7, 11) is -2.36. The Morgan fingerprint density at radius 2 is 2.19 bits per heavy atom. The third-order valence-electron chi connectivity index (χ3n) is 3.30. The molecule has 1 fully saturated rings. The van der Waals surface area contributed by atoms with Crippen LogP contribution in [0.5, 0.6) is 5.75 Å². The molecule has 0 aromatic heterocycles. The largest absolute Gasteiger partial charge is 0.495 e. The van der Waals surface area contributed by atoms with Crippen LogP contribution >= 0.6 is 0 Å². The molecule has 1 aliphatic heterocycles. The molecule has 21 heavy (non-hydrogen) atoms. The first-order valence-corrected chi connectivity index (χ1v) is 8.02. The minimum absolute atomic E-state index is 0.0239. The number of nitrogens with zero attached hydrogens (tertiary/aromatic N) is 1. The number of anilines is 1. The fraction of sp³-hybridized carbons (Fsp3) is 0.538. The Labute approximate surface area is 124 Å². The molecule has 118 valence electrons. The molecule has 1 aliphatic rings. The Morgan fingerprint density at radius 3 is 2.81 bits per heavy atom. The molecule has 2 unspecified atom stereocenters. The first-order chi connectivity index (χ1) is 9.88. The third kappa shape index (κ3) is 3.29. The predicted molar refractivity (Wildman–Crippen MR) is 77.6 cm³/mol. The van der Waals surface area contributed by atoms with E-state index >= 15 is 0 Å². The number of rotatable bonds is 4. The molecule has 0 spiro atoms. The molecule has 2 rings (SSSR count). The molecule has 0 amide bonds. The van der Waals surface area contributed by atoms with Gasteiger partial charge in [0.05, 0.1) is 25.9 Å². The zero-order valence-electron chi connectivity index (χ0n) is 12.0. The van der Waals surface area contributed by atoms with E-state index in [1.165, 1.54) is 23.5 Å². The highest BCUT2D eigenvalue weighted by Gasteiger charge is 2.35. The van der Waals surface area contributed by atoms with E-state index in [0.717, 1.165) is 0 Å². The van der Waals surface area contributed by atoms with Crippen LogP contribution in [0, 0.1) is 0 Å². The number of methoxy groups -OCH3 is 1. The average Bonchev–Trinajstić information content (AvgIpc) is 2.46. The van der Waals surface area contributed by atoms with E-state index in [4.69, 9.17) is 15.2 Å². The lowest BCUT2D eigenvalue weighted by Gasteiger charge is -2.35. The van der Waals surface area contributed by atoms with Crippen LogP contribution in [0.2, 0.25) is 0 Å². The van der Waals surface area contributed by atoms with Gasteiger partial charge in [0.1, 0.15) is 10.6 Å². The van der Waals surface area contributed by atoms with E-state index in [1.807, 2.05) is 0 Å². The second-order valence-corrected chi connectivity index (χ2v) is 6.89. The van der Waals surface area contributed by atoms with Crippen LogP contribution in [0.25, 0.3) is 0 Å². The predicted octanol–water partition coefficient (Wildman–Crippen LogP) is 0.0477. The van der Waals surface area contributed by atoms with Gasteiger partial charge in [-0.15, -0.1) is 0 Å². The summed E-state index contributed by atoms with van der Waals surface area (Å²) in [6.07, 6.45) is -0.826. The molecule has 7 nitrogen and oxygen atoms in total. The summed E-state index contributed by atoms with van der Waals surface area (Å²) in [6.45, 7) is 1.85. The van der Waals surface area contributed by atoms with Crippen LogP contribution < -0.4 is 10.5 Å². The van der Waals surface area contributed by atoms with Gasteiger partial charge in [0.15, 0.2) is 0 Å². The van der Waals surface area contributed by atoms with E-state index in [-0.39, 0.29) is 36.4 Å². The molecule has 0 bridgehead atoms. The summed E-state index contributed by atoms with van der Waals surface area (Å²) in [4.78, 5) is 0.0239. The van der Waals surface area contributed by atoms with Crippen molar-refractivity contribution in [2.75, 3.05) is 32.5 Å². The Kier molecular flexibility index (Phi) is 4.72. The fourth-order valence-electron chi connectivity index (χ4n) is 2.33. The minimum Gasteiger partial charge on any atom is -0.495 e. The molecule has 1 aromatic carbocycles. The van der Waals surface area contributed by atoms with E-state index in [0.29, 0.717) is 5.69 Å². The zero-order chi connectivity index (χ0) is 15.6. The monoisotopic (exact) mass is 316 g/mol. The van der Waals surface area contributed by atoms with Gasteiger partial charge in [-0.1, -0.05) is 0 Å². The fourth-order valence-corrected chi connectivity index (χ4v) is 4.07. The molecule has 3 N–H and O–H groups in total. The van der Waals surface area contributed by atoms with Crippen LogP contribution in [0.1, 0.15) is 6.92 Å². The highest BCUT2D eigenvalue weighted by Crippen LogP contribution is 2.30. The van der Waals surface area contributed by atoms with Crippen molar-refractivity contribution in [2.24, 2.45) is 0 Å². The minimum atomic E-state index is -3.77. The maximum atomic E-state index is 12.8. The molecule has 1 heterocycles. The second kappa shape index (κ2) is 6.18. The maximum absolute atomic E-state index is 12.8. The van der Waals surface area contributed by atoms with Crippen molar-refractivity contribution in [3.8, 4) is 5.75 Å². The maximum Gasteiger partial charge on any atom is 0.247 e. The Morgan fingerprint density at radius 1 is 1.48 bits per heavy atom. The first-order valence-electron chi connectivity index (χ1n) is 6.58. The highest BCUT2D eigenvalue weighted by molar-refractivity contribution is 7.89. The Bertz CT molecular complexity index is 605. The quantitative estimate of drug-likeness (QED) is 0.761. The number of aliphatic hydroxyl groups excluding tert-OH is 1. The molecule has 0 radical (unpaired) electrons. The van der Waals surface area contributed by atoms with E-state index in [2.05, 4.69) is 0 Å². The van der Waals surface area contributed by atoms with Crippen molar-refractivity contribution in [1.29, 1.82) is 0 Å².